The molecule has 6 rings (SSSR count). The van der Waals surface area contributed by atoms with E-state index in [1.54, 1.807) is 0 Å². The van der Waals surface area contributed by atoms with Crippen molar-refractivity contribution < 1.29 is 4.42 Å². The number of para-hydroxylation sites is 1. The molecule has 1 aromatic heterocycles. The smallest absolute Gasteiger partial charge is 0.136 e. The van der Waals surface area contributed by atoms with Gasteiger partial charge in [0.05, 0.1) is 0 Å². The molecule has 0 atom stereocenters. The quantitative estimate of drug-likeness (QED) is 0.320. The van der Waals surface area contributed by atoms with E-state index in [0.717, 1.165) is 17.6 Å². The van der Waals surface area contributed by atoms with Gasteiger partial charge < -0.3 is 4.42 Å². The zero-order valence-corrected chi connectivity index (χ0v) is 13.0. The van der Waals surface area contributed by atoms with E-state index in [1.807, 2.05) is 12.1 Å². The maximum atomic E-state index is 6.10. The topological polar surface area (TPSA) is 13.1 Å². The van der Waals surface area contributed by atoms with Crippen molar-refractivity contribution in [2.24, 2.45) is 0 Å². The van der Waals surface area contributed by atoms with Gasteiger partial charge in [0.15, 0.2) is 0 Å². The maximum absolute atomic E-state index is 6.10. The van der Waals surface area contributed by atoms with Gasteiger partial charge in [-0.15, -0.1) is 0 Å². The second kappa shape index (κ2) is 4.27. The summed E-state index contributed by atoms with van der Waals surface area (Å²) in [6.07, 6.45) is 1.00. The fourth-order valence-corrected chi connectivity index (χ4v) is 4.18. The molecule has 4 aromatic carbocycles. The van der Waals surface area contributed by atoms with E-state index in [1.165, 1.54) is 43.8 Å². The Morgan fingerprint density at radius 1 is 0.625 bits per heavy atom. The van der Waals surface area contributed by atoms with Crippen LogP contribution in [0.4, 0.5) is 0 Å². The third-order valence-corrected chi connectivity index (χ3v) is 5.27. The van der Waals surface area contributed by atoms with Gasteiger partial charge in [-0.1, -0.05) is 54.6 Å². The molecule has 0 spiro atoms. The number of hydrogen-bond donors (Lipinski definition) is 0. The van der Waals surface area contributed by atoms with Crippen molar-refractivity contribution in [3.8, 4) is 11.1 Å². The second-order valence-electron chi connectivity index (χ2n) is 6.60. The average molecular weight is 306 g/mol. The van der Waals surface area contributed by atoms with E-state index in [4.69, 9.17) is 4.42 Å². The van der Waals surface area contributed by atoms with Crippen LogP contribution in [0.5, 0.6) is 0 Å². The predicted octanol–water partition coefficient (Wildman–Crippen LogP) is 6.31. The monoisotopic (exact) mass is 306 g/mol. The normalized spacial score (nSPS) is 12.8. The van der Waals surface area contributed by atoms with Crippen LogP contribution < -0.4 is 0 Å². The minimum absolute atomic E-state index is 0.967. The van der Waals surface area contributed by atoms with Crippen LogP contribution in [0, 0.1) is 0 Å². The molecule has 24 heavy (non-hydrogen) atoms. The molecular weight excluding hydrogens is 292 g/mol. The molecular formula is C23H14O. The molecule has 1 heterocycles. The highest BCUT2D eigenvalue weighted by atomic mass is 16.3. The lowest BCUT2D eigenvalue weighted by Gasteiger charge is -2.06. The van der Waals surface area contributed by atoms with Gasteiger partial charge in [-0.05, 0) is 57.6 Å². The Morgan fingerprint density at radius 2 is 1.46 bits per heavy atom. The molecule has 1 heteroatoms. The highest BCUT2D eigenvalue weighted by Gasteiger charge is 2.22. The fraction of sp³-hybridized carbons (Fsp3) is 0.0435. The first-order valence-electron chi connectivity index (χ1n) is 8.34. The summed E-state index contributed by atoms with van der Waals surface area (Å²) in [4.78, 5) is 0. The number of fused-ring (bicyclic) bond motifs is 8. The lowest BCUT2D eigenvalue weighted by atomic mass is 9.97. The van der Waals surface area contributed by atoms with Crippen LogP contribution in [-0.4, -0.2) is 0 Å². The third kappa shape index (κ3) is 1.49. The molecule has 1 aliphatic rings. The first kappa shape index (κ1) is 12.4. The van der Waals surface area contributed by atoms with Gasteiger partial charge in [0.2, 0.25) is 0 Å². The van der Waals surface area contributed by atoms with Crippen LogP contribution >= 0.6 is 0 Å². The summed E-state index contributed by atoms with van der Waals surface area (Å²) in [5, 5.41) is 5.07. The van der Waals surface area contributed by atoms with Gasteiger partial charge in [0.25, 0.3) is 0 Å². The fourth-order valence-electron chi connectivity index (χ4n) is 4.18. The largest absolute Gasteiger partial charge is 0.456 e. The molecule has 0 unspecified atom stereocenters. The highest BCUT2D eigenvalue weighted by molar-refractivity contribution is 6.09. The molecule has 0 saturated carbocycles. The van der Waals surface area contributed by atoms with E-state index in [2.05, 4.69) is 60.7 Å². The summed E-state index contributed by atoms with van der Waals surface area (Å²) in [7, 11) is 0. The Labute approximate surface area is 139 Å². The Kier molecular flexibility index (Phi) is 2.20. The van der Waals surface area contributed by atoms with Crippen molar-refractivity contribution >= 4 is 32.7 Å². The predicted molar refractivity (Wildman–Crippen MR) is 99.5 cm³/mol. The summed E-state index contributed by atoms with van der Waals surface area (Å²) in [5.74, 6) is 0. The Hall–Kier alpha value is -3.06. The van der Waals surface area contributed by atoms with Crippen molar-refractivity contribution in [3.05, 3.63) is 83.9 Å². The number of furan rings is 1. The molecule has 1 aliphatic carbocycles. The zero-order valence-electron chi connectivity index (χ0n) is 13.0. The minimum atomic E-state index is 0.967. The summed E-state index contributed by atoms with van der Waals surface area (Å²) < 4.78 is 6.10. The Morgan fingerprint density at radius 3 is 2.42 bits per heavy atom. The van der Waals surface area contributed by atoms with E-state index < -0.39 is 0 Å². The summed E-state index contributed by atoms with van der Waals surface area (Å²) >= 11 is 0. The molecule has 1 nitrogen and oxygen atoms in total. The van der Waals surface area contributed by atoms with Gasteiger partial charge in [0.1, 0.15) is 11.2 Å². The molecule has 0 N–H and O–H groups in total. The molecule has 0 bridgehead atoms. The number of rotatable bonds is 0. The first-order chi connectivity index (χ1) is 11.9. The van der Waals surface area contributed by atoms with Crippen molar-refractivity contribution in [1.82, 2.24) is 0 Å². The second-order valence-corrected chi connectivity index (χ2v) is 6.60. The number of benzene rings is 4. The van der Waals surface area contributed by atoms with E-state index in [9.17, 15) is 0 Å². The summed E-state index contributed by atoms with van der Waals surface area (Å²) in [6.45, 7) is 0. The van der Waals surface area contributed by atoms with Crippen LogP contribution in [0.3, 0.4) is 0 Å². The number of hydrogen-bond acceptors (Lipinski definition) is 1. The van der Waals surface area contributed by atoms with Gasteiger partial charge >= 0.3 is 0 Å². The Bertz CT molecular complexity index is 1270. The molecule has 0 aliphatic heterocycles. The SMILES string of the molecule is c1ccc2c3c(ccc2c1)Cc1cc2c(cc1-3)oc1ccccc12. The van der Waals surface area contributed by atoms with Crippen molar-refractivity contribution in [2.75, 3.05) is 0 Å². The molecule has 0 fully saturated rings. The van der Waals surface area contributed by atoms with Gasteiger partial charge in [0, 0.05) is 10.8 Å². The van der Waals surface area contributed by atoms with Crippen LogP contribution in [0.25, 0.3) is 43.8 Å². The molecule has 0 amide bonds. The average Bonchev–Trinajstić information content (AvgIpc) is 3.17. The van der Waals surface area contributed by atoms with E-state index >= 15 is 0 Å². The molecule has 5 aromatic rings. The van der Waals surface area contributed by atoms with Crippen LogP contribution in [0.15, 0.2) is 77.2 Å². The van der Waals surface area contributed by atoms with Gasteiger partial charge in [-0.3, -0.25) is 0 Å². The maximum Gasteiger partial charge on any atom is 0.136 e. The van der Waals surface area contributed by atoms with Gasteiger partial charge in [-0.2, -0.15) is 0 Å². The molecule has 112 valence electrons. The Balaban J connectivity index is 1.74. The van der Waals surface area contributed by atoms with Crippen molar-refractivity contribution in [2.45, 2.75) is 6.42 Å². The lowest BCUT2D eigenvalue weighted by molar-refractivity contribution is 0.669. The summed E-state index contributed by atoms with van der Waals surface area (Å²) in [6, 6.07) is 26.0. The van der Waals surface area contributed by atoms with E-state index in [-0.39, 0.29) is 0 Å². The van der Waals surface area contributed by atoms with Crippen LogP contribution in [-0.2, 0) is 6.42 Å². The van der Waals surface area contributed by atoms with Crippen molar-refractivity contribution in [3.63, 3.8) is 0 Å². The van der Waals surface area contributed by atoms with Gasteiger partial charge in [-0.25, -0.2) is 0 Å². The van der Waals surface area contributed by atoms with Crippen LogP contribution in [0.1, 0.15) is 11.1 Å². The summed E-state index contributed by atoms with van der Waals surface area (Å²) in [5.41, 5.74) is 7.48. The molecule has 0 saturated heterocycles. The van der Waals surface area contributed by atoms with Crippen molar-refractivity contribution in [1.29, 1.82) is 0 Å². The van der Waals surface area contributed by atoms with Crippen LogP contribution in [0.2, 0.25) is 0 Å². The lowest BCUT2D eigenvalue weighted by Crippen LogP contribution is -1.81. The zero-order chi connectivity index (χ0) is 15.7. The minimum Gasteiger partial charge on any atom is -0.456 e. The highest BCUT2D eigenvalue weighted by Crippen LogP contribution is 2.44. The van der Waals surface area contributed by atoms with E-state index in [0.29, 0.717) is 0 Å². The first-order valence-corrected chi connectivity index (χ1v) is 8.34. The standard InChI is InChI=1S/C23H14O/c1-2-6-17-14(5-1)9-10-15-11-16-12-20-18-7-3-4-8-21(18)24-22(20)13-19(16)23(15)17/h1-10,12-13H,11H2. The third-order valence-electron chi connectivity index (χ3n) is 5.27. The molecule has 0 radical (unpaired) electrons.